The van der Waals surface area contributed by atoms with Gasteiger partial charge in [0.1, 0.15) is 5.69 Å². The van der Waals surface area contributed by atoms with Gasteiger partial charge in [0.2, 0.25) is 0 Å². The number of anilines is 1. The van der Waals surface area contributed by atoms with E-state index in [4.69, 9.17) is 11.6 Å². The van der Waals surface area contributed by atoms with Crippen molar-refractivity contribution in [2.45, 2.75) is 13.3 Å². The van der Waals surface area contributed by atoms with Crippen LogP contribution in [0.3, 0.4) is 0 Å². The van der Waals surface area contributed by atoms with Crippen LogP contribution in [0.5, 0.6) is 0 Å². The number of carbonyl (C=O) groups excluding carboxylic acids is 1. The summed E-state index contributed by atoms with van der Waals surface area (Å²) in [7, 11) is 1.76. The van der Waals surface area contributed by atoms with Gasteiger partial charge in [0, 0.05) is 39.4 Å². The van der Waals surface area contributed by atoms with Gasteiger partial charge in [-0.2, -0.15) is 5.10 Å². The van der Waals surface area contributed by atoms with E-state index in [2.05, 4.69) is 10.1 Å². The zero-order valence-electron chi connectivity index (χ0n) is 13.7. The minimum absolute atomic E-state index is 0.0514. The van der Waals surface area contributed by atoms with E-state index >= 15 is 0 Å². The summed E-state index contributed by atoms with van der Waals surface area (Å²) in [5, 5.41) is 4.49. The number of rotatable bonds is 2. The molecule has 3 heterocycles. The van der Waals surface area contributed by atoms with E-state index in [1.807, 2.05) is 11.8 Å². The Morgan fingerprint density at radius 1 is 1.25 bits per heavy atom. The maximum Gasteiger partial charge on any atom is 0.272 e. The third-order valence-corrected chi connectivity index (χ3v) is 4.30. The quantitative estimate of drug-likeness (QED) is 0.833. The topological polar surface area (TPSA) is 54.3 Å². The van der Waals surface area contributed by atoms with Gasteiger partial charge in [0.05, 0.1) is 10.7 Å². The van der Waals surface area contributed by atoms with E-state index < -0.39 is 5.82 Å². The molecule has 1 aliphatic heterocycles. The summed E-state index contributed by atoms with van der Waals surface area (Å²) in [5.74, 6) is -0.209. The van der Waals surface area contributed by atoms with Crippen molar-refractivity contribution in [3.8, 4) is 0 Å². The minimum atomic E-state index is -0.440. The standard InChI is InChI=1S/C16H19ClFN5O/c1-11-8-14(21(2)20-11)16(24)23-5-3-4-22(6-7-23)15-13(18)9-12(17)10-19-15/h8-10H,3-7H2,1-2H3. The van der Waals surface area contributed by atoms with Gasteiger partial charge in [0.25, 0.3) is 5.91 Å². The Labute approximate surface area is 144 Å². The van der Waals surface area contributed by atoms with Gasteiger partial charge in [-0.15, -0.1) is 0 Å². The molecule has 2 aromatic rings. The van der Waals surface area contributed by atoms with Crippen LogP contribution in [0.25, 0.3) is 0 Å². The SMILES string of the molecule is Cc1cc(C(=O)N2CCCN(c3ncc(Cl)cc3F)CC2)n(C)n1. The predicted octanol–water partition coefficient (Wildman–Crippen LogP) is 2.27. The molecule has 0 unspecified atom stereocenters. The van der Waals surface area contributed by atoms with E-state index in [-0.39, 0.29) is 16.7 Å². The fourth-order valence-corrected chi connectivity index (χ4v) is 3.09. The number of nitrogens with zero attached hydrogens (tertiary/aromatic N) is 5. The summed E-state index contributed by atoms with van der Waals surface area (Å²) in [6, 6.07) is 3.04. The number of pyridine rings is 1. The Morgan fingerprint density at radius 3 is 2.71 bits per heavy atom. The van der Waals surface area contributed by atoms with Gasteiger partial charge < -0.3 is 9.80 Å². The molecule has 0 aromatic carbocycles. The van der Waals surface area contributed by atoms with E-state index in [9.17, 15) is 9.18 Å². The first-order chi connectivity index (χ1) is 11.5. The zero-order chi connectivity index (χ0) is 17.3. The number of aromatic nitrogens is 3. The average Bonchev–Trinajstić information content (AvgIpc) is 2.73. The number of aryl methyl sites for hydroxylation is 2. The molecule has 1 amide bonds. The Bertz CT molecular complexity index is 763. The monoisotopic (exact) mass is 351 g/mol. The van der Waals surface area contributed by atoms with E-state index in [0.29, 0.717) is 31.9 Å². The van der Waals surface area contributed by atoms with Crippen LogP contribution >= 0.6 is 11.6 Å². The predicted molar refractivity (Wildman–Crippen MR) is 89.9 cm³/mol. The van der Waals surface area contributed by atoms with E-state index in [1.54, 1.807) is 22.7 Å². The molecule has 128 valence electrons. The van der Waals surface area contributed by atoms with Crippen LogP contribution in [-0.4, -0.2) is 51.8 Å². The highest BCUT2D eigenvalue weighted by Crippen LogP contribution is 2.21. The van der Waals surface area contributed by atoms with Gasteiger partial charge >= 0.3 is 0 Å². The van der Waals surface area contributed by atoms with Crippen molar-refractivity contribution in [3.63, 3.8) is 0 Å². The van der Waals surface area contributed by atoms with Crippen LogP contribution in [0.15, 0.2) is 18.3 Å². The molecule has 1 aliphatic rings. The van der Waals surface area contributed by atoms with Crippen molar-refractivity contribution >= 4 is 23.3 Å². The number of hydrogen-bond donors (Lipinski definition) is 0. The van der Waals surface area contributed by atoms with Crippen molar-refractivity contribution in [1.82, 2.24) is 19.7 Å². The van der Waals surface area contributed by atoms with Crippen molar-refractivity contribution in [3.05, 3.63) is 40.6 Å². The van der Waals surface area contributed by atoms with Crippen molar-refractivity contribution in [2.75, 3.05) is 31.1 Å². The smallest absolute Gasteiger partial charge is 0.272 e. The van der Waals surface area contributed by atoms with Crippen LogP contribution in [0, 0.1) is 12.7 Å². The second-order valence-electron chi connectivity index (χ2n) is 5.89. The highest BCUT2D eigenvalue weighted by molar-refractivity contribution is 6.30. The van der Waals surface area contributed by atoms with Gasteiger partial charge in [-0.25, -0.2) is 9.37 Å². The molecule has 1 saturated heterocycles. The number of amides is 1. The number of carbonyl (C=O) groups is 1. The normalized spacial score (nSPS) is 15.5. The van der Waals surface area contributed by atoms with E-state index in [1.165, 1.54) is 12.3 Å². The van der Waals surface area contributed by atoms with Crippen molar-refractivity contribution in [2.24, 2.45) is 7.05 Å². The molecule has 0 N–H and O–H groups in total. The fourth-order valence-electron chi connectivity index (χ4n) is 2.95. The molecule has 24 heavy (non-hydrogen) atoms. The first-order valence-electron chi connectivity index (χ1n) is 7.81. The third kappa shape index (κ3) is 3.36. The summed E-state index contributed by atoms with van der Waals surface area (Å²) in [4.78, 5) is 20.4. The third-order valence-electron chi connectivity index (χ3n) is 4.09. The summed E-state index contributed by atoms with van der Waals surface area (Å²) in [6.45, 7) is 4.14. The highest BCUT2D eigenvalue weighted by Gasteiger charge is 2.24. The zero-order valence-corrected chi connectivity index (χ0v) is 14.4. The second kappa shape index (κ2) is 6.76. The highest BCUT2D eigenvalue weighted by atomic mass is 35.5. The Morgan fingerprint density at radius 2 is 2.04 bits per heavy atom. The Hall–Kier alpha value is -2.15. The van der Waals surface area contributed by atoms with Crippen molar-refractivity contribution in [1.29, 1.82) is 0 Å². The Kier molecular flexibility index (Phi) is 4.71. The molecule has 1 fully saturated rings. The molecule has 3 rings (SSSR count). The van der Waals surface area contributed by atoms with E-state index in [0.717, 1.165) is 12.1 Å². The maximum atomic E-state index is 14.1. The van der Waals surface area contributed by atoms with Crippen molar-refractivity contribution < 1.29 is 9.18 Å². The van der Waals surface area contributed by atoms with Gasteiger partial charge in [-0.05, 0) is 25.5 Å². The lowest BCUT2D eigenvalue weighted by Gasteiger charge is -2.23. The first kappa shape index (κ1) is 16.7. The van der Waals surface area contributed by atoms with Gasteiger partial charge in [-0.1, -0.05) is 11.6 Å². The summed E-state index contributed by atoms with van der Waals surface area (Å²) < 4.78 is 15.7. The van der Waals surface area contributed by atoms with Crippen LogP contribution in [-0.2, 0) is 7.05 Å². The number of hydrogen-bond acceptors (Lipinski definition) is 4. The first-order valence-corrected chi connectivity index (χ1v) is 8.19. The molecule has 0 atom stereocenters. The largest absolute Gasteiger partial charge is 0.352 e. The molecule has 0 saturated carbocycles. The number of halogens is 2. The lowest BCUT2D eigenvalue weighted by atomic mass is 10.3. The lowest BCUT2D eigenvalue weighted by molar-refractivity contribution is 0.0756. The molecule has 8 heteroatoms. The van der Waals surface area contributed by atoms with Crippen LogP contribution in [0.2, 0.25) is 5.02 Å². The summed E-state index contributed by atoms with van der Waals surface area (Å²) >= 11 is 5.76. The Balaban J connectivity index is 1.73. The summed E-state index contributed by atoms with van der Waals surface area (Å²) in [5.41, 5.74) is 1.38. The molecule has 0 radical (unpaired) electrons. The van der Waals surface area contributed by atoms with Crippen LogP contribution < -0.4 is 4.90 Å². The van der Waals surface area contributed by atoms with Crippen LogP contribution in [0.4, 0.5) is 10.2 Å². The molecule has 0 aliphatic carbocycles. The lowest BCUT2D eigenvalue weighted by Crippen LogP contribution is -2.36. The molecular formula is C16H19ClFN5O. The fraction of sp³-hybridized carbons (Fsp3) is 0.438. The van der Waals surface area contributed by atoms with Crippen LogP contribution in [0.1, 0.15) is 22.6 Å². The summed E-state index contributed by atoms with van der Waals surface area (Å²) in [6.07, 6.45) is 2.18. The molecule has 0 spiro atoms. The maximum absolute atomic E-state index is 14.1. The van der Waals surface area contributed by atoms with Gasteiger partial charge in [-0.3, -0.25) is 9.48 Å². The molecular weight excluding hydrogens is 333 g/mol. The molecule has 2 aromatic heterocycles. The second-order valence-corrected chi connectivity index (χ2v) is 6.32. The molecule has 6 nitrogen and oxygen atoms in total. The van der Waals surface area contributed by atoms with Gasteiger partial charge in [0.15, 0.2) is 11.6 Å². The minimum Gasteiger partial charge on any atom is -0.352 e. The molecule has 0 bridgehead atoms. The average molecular weight is 352 g/mol.